The number of rotatable bonds is 5. The number of nitrogens with one attached hydrogen (secondary N) is 2. The van der Waals surface area contributed by atoms with Crippen LogP contribution in [0.2, 0.25) is 0 Å². The molecule has 0 aliphatic heterocycles. The van der Waals surface area contributed by atoms with Crippen LogP contribution in [-0.4, -0.2) is 24.9 Å². The normalized spacial score (nSPS) is 11.8. The molecule has 5 nitrogen and oxygen atoms in total. The monoisotopic (exact) mass is 297 g/mol. The molecule has 1 aromatic heterocycles. The Balaban J connectivity index is 1.99. The van der Waals surface area contributed by atoms with Gasteiger partial charge in [-0.25, -0.2) is 22.5 Å². The van der Waals surface area contributed by atoms with Crippen LogP contribution in [0.3, 0.4) is 0 Å². The van der Waals surface area contributed by atoms with E-state index in [1.54, 1.807) is 19.9 Å². The predicted molar refractivity (Wildman–Crippen MR) is 73.4 cm³/mol. The lowest BCUT2D eigenvalue weighted by molar-refractivity contribution is 0.578. The largest absolute Gasteiger partial charge is 0.332 e. The number of H-pyrrole nitrogens is 1. The van der Waals surface area contributed by atoms with Crippen LogP contribution in [-0.2, 0) is 16.4 Å². The molecule has 0 amide bonds. The second-order valence-corrected chi connectivity index (χ2v) is 6.29. The van der Waals surface area contributed by atoms with E-state index in [1.807, 2.05) is 0 Å². The number of aromatic amines is 1. The number of benzene rings is 1. The molecule has 2 N–H and O–H groups in total. The SMILES string of the molecule is Cc1ncc(S(=O)(=O)NCCc2ccc(F)cc2C)[nH]1. The summed E-state index contributed by atoms with van der Waals surface area (Å²) in [5, 5.41) is 0.0471. The fourth-order valence-electron chi connectivity index (χ4n) is 1.87. The van der Waals surface area contributed by atoms with Gasteiger partial charge in [0, 0.05) is 6.54 Å². The van der Waals surface area contributed by atoms with Crippen molar-refractivity contribution in [3.05, 3.63) is 47.2 Å². The van der Waals surface area contributed by atoms with Gasteiger partial charge in [0.05, 0.1) is 6.20 Å². The Bertz CT molecular complexity index is 710. The van der Waals surface area contributed by atoms with E-state index >= 15 is 0 Å². The zero-order valence-electron chi connectivity index (χ0n) is 11.3. The number of imidazole rings is 1. The lowest BCUT2D eigenvalue weighted by atomic mass is 10.1. The quantitative estimate of drug-likeness (QED) is 0.882. The third kappa shape index (κ3) is 3.43. The van der Waals surface area contributed by atoms with Crippen LogP contribution in [0.1, 0.15) is 17.0 Å². The van der Waals surface area contributed by atoms with Crippen LogP contribution >= 0.6 is 0 Å². The zero-order valence-corrected chi connectivity index (χ0v) is 12.1. The molecule has 2 aromatic rings. The Morgan fingerprint density at radius 2 is 2.10 bits per heavy atom. The highest BCUT2D eigenvalue weighted by Crippen LogP contribution is 2.11. The summed E-state index contributed by atoms with van der Waals surface area (Å²) in [4.78, 5) is 6.53. The van der Waals surface area contributed by atoms with E-state index in [0.29, 0.717) is 12.2 Å². The van der Waals surface area contributed by atoms with Crippen molar-refractivity contribution in [3.63, 3.8) is 0 Å². The second kappa shape index (κ2) is 5.72. The molecule has 0 atom stereocenters. The first kappa shape index (κ1) is 14.7. The third-order valence-corrected chi connectivity index (χ3v) is 4.33. The van der Waals surface area contributed by atoms with E-state index in [9.17, 15) is 12.8 Å². The highest BCUT2D eigenvalue weighted by Gasteiger charge is 2.15. The van der Waals surface area contributed by atoms with Gasteiger partial charge in [-0.15, -0.1) is 0 Å². The summed E-state index contributed by atoms with van der Waals surface area (Å²) in [6.07, 6.45) is 1.78. The molecule has 0 radical (unpaired) electrons. The number of halogens is 1. The van der Waals surface area contributed by atoms with Gasteiger partial charge in [0.1, 0.15) is 11.6 Å². The molecule has 20 heavy (non-hydrogen) atoms. The topological polar surface area (TPSA) is 74.8 Å². The van der Waals surface area contributed by atoms with E-state index in [1.165, 1.54) is 18.3 Å². The van der Waals surface area contributed by atoms with E-state index < -0.39 is 10.0 Å². The molecule has 1 heterocycles. The van der Waals surface area contributed by atoms with Gasteiger partial charge < -0.3 is 4.98 Å². The fourth-order valence-corrected chi connectivity index (χ4v) is 2.87. The fraction of sp³-hybridized carbons (Fsp3) is 0.308. The average Bonchev–Trinajstić information content (AvgIpc) is 2.79. The first-order valence-electron chi connectivity index (χ1n) is 6.15. The minimum absolute atomic E-state index is 0.0471. The van der Waals surface area contributed by atoms with Crippen LogP contribution in [0, 0.1) is 19.7 Å². The average molecular weight is 297 g/mol. The molecule has 0 bridgehead atoms. The summed E-state index contributed by atoms with van der Waals surface area (Å²) in [7, 11) is -3.57. The van der Waals surface area contributed by atoms with Gasteiger partial charge in [-0.3, -0.25) is 0 Å². The Morgan fingerprint density at radius 1 is 1.35 bits per heavy atom. The molecule has 0 saturated carbocycles. The standard InChI is InChI=1S/C13H16FN3O2S/c1-9-7-12(14)4-3-11(9)5-6-16-20(18,19)13-8-15-10(2)17-13/h3-4,7-8,16H,5-6H2,1-2H3,(H,15,17). The molecule has 108 valence electrons. The lowest BCUT2D eigenvalue weighted by Crippen LogP contribution is -2.26. The summed E-state index contributed by atoms with van der Waals surface area (Å²) in [6.45, 7) is 3.72. The molecule has 0 saturated heterocycles. The van der Waals surface area contributed by atoms with Gasteiger partial charge in [-0.1, -0.05) is 6.07 Å². The second-order valence-electron chi connectivity index (χ2n) is 4.55. The van der Waals surface area contributed by atoms with Gasteiger partial charge >= 0.3 is 0 Å². The maximum atomic E-state index is 13.0. The Morgan fingerprint density at radius 3 is 2.70 bits per heavy atom. The number of aromatic nitrogens is 2. The highest BCUT2D eigenvalue weighted by atomic mass is 32.2. The van der Waals surface area contributed by atoms with Crippen LogP contribution < -0.4 is 4.72 Å². The van der Waals surface area contributed by atoms with Gasteiger partial charge in [0.25, 0.3) is 10.0 Å². The molecule has 2 rings (SSSR count). The van der Waals surface area contributed by atoms with E-state index in [0.717, 1.165) is 11.1 Å². The summed E-state index contributed by atoms with van der Waals surface area (Å²) in [6, 6.07) is 4.47. The molecule has 0 aliphatic rings. The summed E-state index contributed by atoms with van der Waals surface area (Å²) >= 11 is 0. The summed E-state index contributed by atoms with van der Waals surface area (Å²) in [5.41, 5.74) is 1.72. The Kier molecular flexibility index (Phi) is 4.20. The van der Waals surface area contributed by atoms with Gasteiger partial charge in [0.2, 0.25) is 0 Å². The summed E-state index contributed by atoms with van der Waals surface area (Å²) < 4.78 is 39.3. The number of aryl methyl sites for hydroxylation is 2. The van der Waals surface area contributed by atoms with E-state index in [4.69, 9.17) is 0 Å². The first-order chi connectivity index (χ1) is 9.38. The minimum Gasteiger partial charge on any atom is -0.332 e. The Hall–Kier alpha value is -1.73. The van der Waals surface area contributed by atoms with Gasteiger partial charge in [0.15, 0.2) is 5.03 Å². The van der Waals surface area contributed by atoms with Crippen molar-refractivity contribution >= 4 is 10.0 Å². The van der Waals surface area contributed by atoms with Crippen molar-refractivity contribution in [1.29, 1.82) is 0 Å². The van der Waals surface area contributed by atoms with Crippen molar-refractivity contribution in [1.82, 2.24) is 14.7 Å². The van der Waals surface area contributed by atoms with Gasteiger partial charge in [-0.2, -0.15) is 0 Å². The smallest absolute Gasteiger partial charge is 0.257 e. The molecular weight excluding hydrogens is 281 g/mol. The molecule has 1 aromatic carbocycles. The first-order valence-corrected chi connectivity index (χ1v) is 7.63. The molecule has 7 heteroatoms. The van der Waals surface area contributed by atoms with Crippen molar-refractivity contribution < 1.29 is 12.8 Å². The van der Waals surface area contributed by atoms with Crippen molar-refractivity contribution in [2.24, 2.45) is 0 Å². The number of hydrogen-bond donors (Lipinski definition) is 2. The van der Waals surface area contributed by atoms with Crippen LogP contribution in [0.4, 0.5) is 4.39 Å². The van der Waals surface area contributed by atoms with Crippen LogP contribution in [0.25, 0.3) is 0 Å². The molecule has 0 fully saturated rings. The zero-order chi connectivity index (χ0) is 14.8. The Labute approximate surface area is 117 Å². The van der Waals surface area contributed by atoms with Crippen molar-refractivity contribution in [3.8, 4) is 0 Å². The predicted octanol–water partition coefficient (Wildman–Crippen LogP) is 1.69. The molecule has 0 spiro atoms. The van der Waals surface area contributed by atoms with E-state index in [2.05, 4.69) is 14.7 Å². The minimum atomic E-state index is -3.57. The molecule has 0 aliphatic carbocycles. The molecular formula is C13H16FN3O2S. The van der Waals surface area contributed by atoms with Crippen LogP contribution in [0.15, 0.2) is 29.4 Å². The highest BCUT2D eigenvalue weighted by molar-refractivity contribution is 7.89. The number of hydrogen-bond acceptors (Lipinski definition) is 3. The third-order valence-electron chi connectivity index (χ3n) is 2.96. The van der Waals surface area contributed by atoms with Crippen LogP contribution in [0.5, 0.6) is 0 Å². The molecule has 0 unspecified atom stereocenters. The maximum Gasteiger partial charge on any atom is 0.257 e. The lowest BCUT2D eigenvalue weighted by Gasteiger charge is -2.07. The maximum absolute atomic E-state index is 13.0. The summed E-state index contributed by atoms with van der Waals surface area (Å²) in [5.74, 6) is 0.250. The van der Waals surface area contributed by atoms with Crippen molar-refractivity contribution in [2.45, 2.75) is 25.3 Å². The van der Waals surface area contributed by atoms with E-state index in [-0.39, 0.29) is 17.4 Å². The number of nitrogens with zero attached hydrogens (tertiary/aromatic N) is 1. The van der Waals surface area contributed by atoms with Gasteiger partial charge in [-0.05, 0) is 43.5 Å². The number of sulfonamides is 1. The van der Waals surface area contributed by atoms with Crippen molar-refractivity contribution in [2.75, 3.05) is 6.54 Å².